The lowest BCUT2D eigenvalue weighted by molar-refractivity contribution is 0.101. The van der Waals surface area contributed by atoms with Gasteiger partial charge >= 0.3 is 0 Å². The van der Waals surface area contributed by atoms with Gasteiger partial charge in [-0.3, -0.25) is 4.79 Å². The molecule has 0 amide bonds. The lowest BCUT2D eigenvalue weighted by Gasteiger charge is -1.99. The van der Waals surface area contributed by atoms with Gasteiger partial charge in [-0.15, -0.1) is 17.0 Å². The van der Waals surface area contributed by atoms with Gasteiger partial charge in [-0.25, -0.2) is 0 Å². The number of rotatable bonds is 1. The lowest BCUT2D eigenvalue weighted by Crippen LogP contribution is -1.91. The number of hydrogen-bond acceptors (Lipinski definition) is 2. The minimum atomic E-state index is -0.190. The highest BCUT2D eigenvalue weighted by molar-refractivity contribution is 8.93. The topological polar surface area (TPSA) is 37.3 Å². The Balaban J connectivity index is 0.00000121. The number of phenols is 1. The number of hydrogen-bond donors (Lipinski definition) is 1. The third kappa shape index (κ3) is 2.50. The van der Waals surface area contributed by atoms with Gasteiger partial charge < -0.3 is 5.11 Å². The van der Waals surface area contributed by atoms with E-state index in [0.717, 1.165) is 0 Å². The van der Waals surface area contributed by atoms with Crippen LogP contribution in [0.5, 0.6) is 5.75 Å². The fourth-order valence-electron chi connectivity index (χ4n) is 0.790. The molecule has 0 atom stereocenters. The summed E-state index contributed by atoms with van der Waals surface area (Å²) >= 11 is 5.60. The van der Waals surface area contributed by atoms with Crippen molar-refractivity contribution in [3.63, 3.8) is 0 Å². The van der Waals surface area contributed by atoms with Crippen LogP contribution in [-0.4, -0.2) is 10.9 Å². The van der Waals surface area contributed by atoms with Crippen LogP contribution in [0.15, 0.2) is 18.2 Å². The van der Waals surface area contributed by atoms with Crippen molar-refractivity contribution in [2.75, 3.05) is 0 Å². The number of benzene rings is 1. The van der Waals surface area contributed by atoms with E-state index < -0.39 is 0 Å². The highest BCUT2D eigenvalue weighted by atomic mass is 79.9. The van der Waals surface area contributed by atoms with Gasteiger partial charge in [0.2, 0.25) is 0 Å². The normalized spacial score (nSPS) is 8.83. The highest BCUT2D eigenvalue weighted by Gasteiger charge is 2.05. The van der Waals surface area contributed by atoms with Gasteiger partial charge in [0.15, 0.2) is 5.78 Å². The van der Waals surface area contributed by atoms with Crippen molar-refractivity contribution < 1.29 is 9.90 Å². The molecule has 0 aliphatic carbocycles. The van der Waals surface area contributed by atoms with Crippen LogP contribution in [0.25, 0.3) is 0 Å². The van der Waals surface area contributed by atoms with Crippen LogP contribution in [0, 0.1) is 0 Å². The maximum absolute atomic E-state index is 10.8. The largest absolute Gasteiger partial charge is 0.507 e. The summed E-state index contributed by atoms with van der Waals surface area (Å²) in [7, 11) is 0. The molecule has 0 aromatic heterocycles. The molecule has 0 unspecified atom stereocenters. The summed E-state index contributed by atoms with van der Waals surface area (Å²) < 4.78 is 0. The predicted octanol–water partition coefficient (Wildman–Crippen LogP) is 2.83. The molecule has 0 aliphatic rings. The zero-order valence-corrected chi connectivity index (χ0v) is 8.84. The molecule has 0 saturated carbocycles. The summed E-state index contributed by atoms with van der Waals surface area (Å²) in [6.07, 6.45) is 0. The minimum Gasteiger partial charge on any atom is -0.507 e. The molecule has 0 bridgehead atoms. The number of carbonyl (C=O) groups excluding carboxylic acids is 1. The molecule has 1 aromatic rings. The van der Waals surface area contributed by atoms with Crippen LogP contribution in [0.1, 0.15) is 17.3 Å². The molecule has 1 rings (SSSR count). The first-order chi connectivity index (χ1) is 5.11. The Morgan fingerprint density at radius 2 is 2.08 bits per heavy atom. The standard InChI is InChI=1S/C8H7ClO2.BrH/c1-5(10)7-4-6(9)2-3-8(7)11;/h2-4,11H,1H3;1H. The van der Waals surface area contributed by atoms with Crippen LogP contribution >= 0.6 is 28.6 Å². The number of Topliss-reactive ketones (excluding diaryl/α,β-unsaturated/α-hetero) is 1. The van der Waals surface area contributed by atoms with Crippen molar-refractivity contribution in [2.24, 2.45) is 0 Å². The van der Waals surface area contributed by atoms with Gasteiger partial charge in [0.25, 0.3) is 0 Å². The maximum Gasteiger partial charge on any atom is 0.163 e. The summed E-state index contributed by atoms with van der Waals surface area (Å²) in [5.74, 6) is -0.216. The number of ketones is 1. The van der Waals surface area contributed by atoms with E-state index in [1.54, 1.807) is 0 Å². The second-order valence-electron chi connectivity index (χ2n) is 2.22. The zero-order valence-electron chi connectivity index (χ0n) is 6.37. The molecule has 0 saturated heterocycles. The summed E-state index contributed by atoms with van der Waals surface area (Å²) in [5.41, 5.74) is 0.262. The molecule has 0 heterocycles. The Bertz CT molecular complexity index is 299. The Kier molecular flexibility index (Phi) is 4.28. The van der Waals surface area contributed by atoms with Gasteiger partial charge in [-0.2, -0.15) is 0 Å². The molecular formula is C8H8BrClO2. The Morgan fingerprint density at radius 3 is 2.50 bits per heavy atom. The van der Waals surface area contributed by atoms with E-state index in [0.29, 0.717) is 5.02 Å². The number of phenolic OH excluding ortho intramolecular Hbond substituents is 1. The first kappa shape index (κ1) is 11.5. The SMILES string of the molecule is Br.CC(=O)c1cc(Cl)ccc1O. The van der Waals surface area contributed by atoms with E-state index in [4.69, 9.17) is 16.7 Å². The van der Waals surface area contributed by atoms with E-state index in [9.17, 15) is 4.79 Å². The molecule has 0 radical (unpaired) electrons. The molecular weight excluding hydrogens is 243 g/mol. The average Bonchev–Trinajstić information content (AvgIpc) is 1.94. The zero-order chi connectivity index (χ0) is 8.43. The van der Waals surface area contributed by atoms with Gasteiger partial charge in [-0.05, 0) is 25.1 Å². The first-order valence-corrected chi connectivity index (χ1v) is 3.48. The number of aromatic hydroxyl groups is 1. The van der Waals surface area contributed by atoms with Crippen molar-refractivity contribution in [3.05, 3.63) is 28.8 Å². The maximum atomic E-state index is 10.8. The molecule has 0 fully saturated rings. The van der Waals surface area contributed by atoms with E-state index in [-0.39, 0.29) is 34.1 Å². The molecule has 0 aliphatic heterocycles. The molecule has 2 nitrogen and oxygen atoms in total. The van der Waals surface area contributed by atoms with E-state index in [2.05, 4.69) is 0 Å². The van der Waals surface area contributed by atoms with Gasteiger partial charge in [0.05, 0.1) is 5.56 Å². The minimum absolute atomic E-state index is 0. The third-order valence-electron chi connectivity index (χ3n) is 1.34. The molecule has 0 spiro atoms. The van der Waals surface area contributed by atoms with Gasteiger partial charge in [0.1, 0.15) is 5.75 Å². The molecule has 66 valence electrons. The summed E-state index contributed by atoms with van der Waals surface area (Å²) in [5, 5.41) is 9.58. The molecule has 1 N–H and O–H groups in total. The van der Waals surface area contributed by atoms with Crippen LogP contribution in [-0.2, 0) is 0 Å². The summed E-state index contributed by atoms with van der Waals surface area (Å²) in [6.45, 7) is 1.38. The second-order valence-corrected chi connectivity index (χ2v) is 2.65. The van der Waals surface area contributed by atoms with Crippen molar-refractivity contribution in [3.8, 4) is 5.75 Å². The third-order valence-corrected chi connectivity index (χ3v) is 1.57. The monoisotopic (exact) mass is 250 g/mol. The predicted molar refractivity (Wildman–Crippen MR) is 53.4 cm³/mol. The fourth-order valence-corrected chi connectivity index (χ4v) is 0.962. The number of halogens is 2. The van der Waals surface area contributed by atoms with E-state index >= 15 is 0 Å². The molecule has 4 heteroatoms. The quantitative estimate of drug-likeness (QED) is 0.779. The second kappa shape index (κ2) is 4.48. The van der Waals surface area contributed by atoms with Crippen LogP contribution < -0.4 is 0 Å². The van der Waals surface area contributed by atoms with Crippen LogP contribution in [0.4, 0.5) is 0 Å². The van der Waals surface area contributed by atoms with Crippen molar-refractivity contribution >= 4 is 34.4 Å². The lowest BCUT2D eigenvalue weighted by atomic mass is 10.1. The van der Waals surface area contributed by atoms with Crippen molar-refractivity contribution in [1.82, 2.24) is 0 Å². The Hall–Kier alpha value is -0.540. The van der Waals surface area contributed by atoms with Crippen molar-refractivity contribution in [1.29, 1.82) is 0 Å². The van der Waals surface area contributed by atoms with E-state index in [1.807, 2.05) is 0 Å². The number of carbonyl (C=O) groups is 1. The van der Waals surface area contributed by atoms with Crippen molar-refractivity contribution in [2.45, 2.75) is 6.92 Å². The first-order valence-electron chi connectivity index (χ1n) is 3.10. The Labute approximate surface area is 85.9 Å². The molecule has 12 heavy (non-hydrogen) atoms. The van der Waals surface area contributed by atoms with Gasteiger partial charge in [-0.1, -0.05) is 11.6 Å². The summed E-state index contributed by atoms with van der Waals surface area (Å²) in [4.78, 5) is 10.8. The Morgan fingerprint density at radius 1 is 1.50 bits per heavy atom. The fraction of sp³-hybridized carbons (Fsp3) is 0.125. The van der Waals surface area contributed by atoms with Gasteiger partial charge in [0, 0.05) is 5.02 Å². The highest BCUT2D eigenvalue weighted by Crippen LogP contribution is 2.21. The summed E-state index contributed by atoms with van der Waals surface area (Å²) in [6, 6.07) is 4.38. The average molecular weight is 252 g/mol. The van der Waals surface area contributed by atoms with E-state index in [1.165, 1.54) is 25.1 Å². The smallest absolute Gasteiger partial charge is 0.163 e. The van der Waals surface area contributed by atoms with Crippen LogP contribution in [0.3, 0.4) is 0 Å². The van der Waals surface area contributed by atoms with Crippen LogP contribution in [0.2, 0.25) is 5.02 Å². The molecule has 1 aromatic carbocycles.